The maximum Gasteiger partial charge on any atom is 0.378 e. The van der Waals surface area contributed by atoms with Gasteiger partial charge in [0.2, 0.25) is 0 Å². The fraction of sp³-hybridized carbons (Fsp3) is 0.182. The van der Waals surface area contributed by atoms with Crippen LogP contribution >= 0.6 is 18.3 Å². The van der Waals surface area contributed by atoms with Crippen molar-refractivity contribution in [1.82, 2.24) is 19.5 Å². The summed E-state index contributed by atoms with van der Waals surface area (Å²) >= 11 is 11.7. The lowest BCUT2D eigenvalue weighted by atomic mass is 9.80. The minimum atomic E-state index is -3.95. The summed E-state index contributed by atoms with van der Waals surface area (Å²) < 4.78 is 38.9. The number of amides is 1. The van der Waals surface area contributed by atoms with Crippen molar-refractivity contribution in [3.05, 3.63) is 173 Å². The van der Waals surface area contributed by atoms with Gasteiger partial charge in [0.1, 0.15) is 47.6 Å². The molecule has 1 aliphatic heterocycles. The molecule has 1 unspecified atom stereocenters. The number of anilines is 1. The Kier molecular flexibility index (Phi) is 12.2. The maximum absolute atomic E-state index is 13.1. The van der Waals surface area contributed by atoms with E-state index < -0.39 is 30.8 Å². The SMILES string of the molecule is COc1ccc(C(OC[C@H]2O[C@@H](n3cnc4c(NC(=O)c5ccccc5)ncnc43)C[C@@H]2OP(O)(=S)Oc2ccc(Cl)cc2)(c2ccccc2)c2ccc(OC)cc2)cc1. The Hall–Kier alpha value is -5.70. The number of imidazole rings is 1. The van der Waals surface area contributed by atoms with Gasteiger partial charge in [0.15, 0.2) is 17.0 Å². The summed E-state index contributed by atoms with van der Waals surface area (Å²) in [5, 5.41) is 3.34. The van der Waals surface area contributed by atoms with E-state index in [0.717, 1.165) is 16.7 Å². The molecule has 2 aromatic heterocycles. The van der Waals surface area contributed by atoms with Crippen molar-refractivity contribution in [3.8, 4) is 17.2 Å². The van der Waals surface area contributed by atoms with Crippen molar-refractivity contribution in [2.24, 2.45) is 0 Å². The Labute approximate surface area is 356 Å². The Balaban J connectivity index is 1.16. The fourth-order valence-electron chi connectivity index (χ4n) is 7.16. The zero-order valence-corrected chi connectivity index (χ0v) is 34.8. The van der Waals surface area contributed by atoms with Gasteiger partial charge in [-0.25, -0.2) is 15.0 Å². The van der Waals surface area contributed by atoms with E-state index in [1.165, 1.54) is 6.33 Å². The number of benzene rings is 5. The molecule has 0 saturated carbocycles. The van der Waals surface area contributed by atoms with Crippen LogP contribution < -0.4 is 19.3 Å². The molecule has 0 bridgehead atoms. The lowest BCUT2D eigenvalue weighted by Crippen LogP contribution is -2.38. The second kappa shape index (κ2) is 17.9. The minimum Gasteiger partial charge on any atom is -0.497 e. The van der Waals surface area contributed by atoms with E-state index >= 15 is 0 Å². The topological polar surface area (TPSA) is 148 Å². The molecule has 16 heteroatoms. The van der Waals surface area contributed by atoms with Gasteiger partial charge < -0.3 is 33.7 Å². The summed E-state index contributed by atoms with van der Waals surface area (Å²) in [7, 11) is 3.23. The van der Waals surface area contributed by atoms with Crippen LogP contribution in [0.3, 0.4) is 0 Å². The number of aromatic nitrogens is 4. The van der Waals surface area contributed by atoms with Crippen LogP contribution in [0.5, 0.6) is 17.2 Å². The number of methoxy groups -OCH3 is 2. The average molecular weight is 864 g/mol. The van der Waals surface area contributed by atoms with E-state index in [4.69, 9.17) is 51.4 Å². The molecule has 0 radical (unpaired) electrons. The molecular formula is C44H39ClN5O8PS. The number of carbonyl (C=O) groups is 1. The molecule has 1 amide bonds. The molecule has 5 aromatic carbocycles. The van der Waals surface area contributed by atoms with Gasteiger partial charge in [-0.1, -0.05) is 84.4 Å². The van der Waals surface area contributed by atoms with E-state index in [1.807, 2.05) is 84.9 Å². The number of halogens is 1. The first-order chi connectivity index (χ1) is 29.2. The lowest BCUT2D eigenvalue weighted by Gasteiger charge is -2.37. The number of hydrogen-bond donors (Lipinski definition) is 2. The molecule has 0 aliphatic carbocycles. The number of nitrogens with zero attached hydrogens (tertiary/aromatic N) is 4. The summed E-state index contributed by atoms with van der Waals surface area (Å²) in [6.07, 6.45) is 0.673. The van der Waals surface area contributed by atoms with Gasteiger partial charge in [-0.2, -0.15) is 0 Å². The Morgan fingerprint density at radius 2 is 1.42 bits per heavy atom. The molecular weight excluding hydrogens is 825 g/mol. The standard InChI is InChI=1S/C44H39ClN5O8PS/c1-53-34-19-13-31(14-20-34)44(30-11-7-4-8-12-30,32-15-21-35(54-2)22-16-32)55-26-38-37(58-59(52,60)57-36-23-17-33(45)18-24-36)25-39(56-38)50-28-48-40-41(46-27-47-42(40)50)49-43(51)29-9-5-3-6-10-29/h3-24,27-28,37-39H,25-26H2,1-2H3,(H,52,60)(H,46,47,49,51)/t37-,38+,39+,59?/m0/s1. The molecule has 4 atom stereocenters. The van der Waals surface area contributed by atoms with Crippen molar-refractivity contribution in [3.63, 3.8) is 0 Å². The van der Waals surface area contributed by atoms with Gasteiger partial charge in [-0.05, 0) is 77.4 Å². The van der Waals surface area contributed by atoms with Crippen molar-refractivity contribution in [2.45, 2.75) is 30.5 Å². The van der Waals surface area contributed by atoms with Crippen molar-refractivity contribution >= 4 is 53.0 Å². The van der Waals surface area contributed by atoms with E-state index in [9.17, 15) is 9.69 Å². The number of hydrogen-bond acceptors (Lipinski definition) is 11. The van der Waals surface area contributed by atoms with Crippen LogP contribution in [0, 0.1) is 0 Å². The highest BCUT2D eigenvalue weighted by molar-refractivity contribution is 8.07. The van der Waals surface area contributed by atoms with Gasteiger partial charge in [0.25, 0.3) is 5.91 Å². The number of nitrogens with one attached hydrogen (secondary N) is 1. The monoisotopic (exact) mass is 863 g/mol. The summed E-state index contributed by atoms with van der Waals surface area (Å²) in [6.45, 7) is -4.00. The molecule has 2 N–H and O–H groups in total. The Morgan fingerprint density at radius 1 is 0.833 bits per heavy atom. The van der Waals surface area contributed by atoms with Crippen LogP contribution in [0.1, 0.15) is 39.7 Å². The van der Waals surface area contributed by atoms with Crippen LogP contribution in [0.25, 0.3) is 11.2 Å². The second-order valence-corrected chi connectivity index (χ2v) is 16.9. The molecule has 0 spiro atoms. The summed E-state index contributed by atoms with van der Waals surface area (Å²) in [5.41, 5.74) is 2.49. The minimum absolute atomic E-state index is 0.0512. The number of fused-ring (bicyclic) bond motifs is 1. The highest BCUT2D eigenvalue weighted by Crippen LogP contribution is 2.50. The molecule has 1 saturated heterocycles. The zero-order chi connectivity index (χ0) is 41.7. The van der Waals surface area contributed by atoms with Crippen LogP contribution in [0.2, 0.25) is 5.02 Å². The first-order valence-electron chi connectivity index (χ1n) is 18.8. The molecule has 13 nitrogen and oxygen atoms in total. The summed E-state index contributed by atoms with van der Waals surface area (Å²) in [6, 6.07) is 40.5. The normalized spacial score (nSPS) is 17.5. The predicted octanol–water partition coefficient (Wildman–Crippen LogP) is 8.73. The lowest BCUT2D eigenvalue weighted by molar-refractivity contribution is -0.0909. The van der Waals surface area contributed by atoms with Crippen molar-refractivity contribution < 1.29 is 37.7 Å². The highest BCUT2D eigenvalue weighted by Gasteiger charge is 2.45. The Morgan fingerprint density at radius 3 is 2.03 bits per heavy atom. The fourth-order valence-corrected chi connectivity index (χ4v) is 8.87. The van der Waals surface area contributed by atoms with Gasteiger partial charge in [-0.3, -0.25) is 13.9 Å². The molecule has 1 aliphatic rings. The van der Waals surface area contributed by atoms with Crippen molar-refractivity contribution in [1.29, 1.82) is 0 Å². The first kappa shape index (κ1) is 41.1. The smallest absolute Gasteiger partial charge is 0.378 e. The van der Waals surface area contributed by atoms with Gasteiger partial charge in [-0.15, -0.1) is 0 Å². The number of rotatable bonds is 15. The van der Waals surface area contributed by atoms with E-state index in [-0.39, 0.29) is 30.5 Å². The van der Waals surface area contributed by atoms with Gasteiger partial charge in [0.05, 0.1) is 27.2 Å². The van der Waals surface area contributed by atoms with Gasteiger partial charge >= 0.3 is 6.72 Å². The molecule has 7 aromatic rings. The van der Waals surface area contributed by atoms with Crippen LogP contribution in [-0.2, 0) is 31.4 Å². The second-order valence-electron chi connectivity index (χ2n) is 13.7. The molecule has 306 valence electrons. The third-order valence-electron chi connectivity index (χ3n) is 10.1. The van der Waals surface area contributed by atoms with Crippen molar-refractivity contribution in [2.75, 3.05) is 26.1 Å². The quantitative estimate of drug-likeness (QED) is 0.0750. The molecule has 8 rings (SSSR count). The molecule has 3 heterocycles. The van der Waals surface area contributed by atoms with Crippen LogP contribution in [0.4, 0.5) is 5.82 Å². The van der Waals surface area contributed by atoms with Crippen LogP contribution in [-0.4, -0.2) is 63.4 Å². The van der Waals surface area contributed by atoms with Gasteiger partial charge in [0, 0.05) is 28.8 Å². The number of ether oxygens (including phenoxy) is 4. The molecule has 1 fully saturated rings. The summed E-state index contributed by atoms with van der Waals surface area (Å²) in [4.78, 5) is 38.0. The third kappa shape index (κ3) is 8.77. The highest BCUT2D eigenvalue weighted by atomic mass is 35.5. The van der Waals surface area contributed by atoms with Crippen LogP contribution in [0.15, 0.2) is 146 Å². The first-order valence-corrected chi connectivity index (χ1v) is 21.8. The van der Waals surface area contributed by atoms with E-state index in [2.05, 4.69) is 20.3 Å². The predicted molar refractivity (Wildman–Crippen MR) is 230 cm³/mol. The Bertz CT molecular complexity index is 2560. The zero-order valence-electron chi connectivity index (χ0n) is 32.3. The number of carbonyl (C=O) groups excluding carboxylic acids is 1. The maximum atomic E-state index is 13.1. The average Bonchev–Trinajstić information content (AvgIpc) is 3.90. The molecule has 60 heavy (non-hydrogen) atoms. The third-order valence-corrected chi connectivity index (χ3v) is 11.8. The summed E-state index contributed by atoms with van der Waals surface area (Å²) in [5.74, 6) is 1.53. The van der Waals surface area contributed by atoms with E-state index in [1.54, 1.807) is 73.6 Å². The van der Waals surface area contributed by atoms with E-state index in [0.29, 0.717) is 33.2 Å². The largest absolute Gasteiger partial charge is 0.497 e.